The van der Waals surface area contributed by atoms with Crippen LogP contribution in [0.15, 0.2) is 71.6 Å². The van der Waals surface area contributed by atoms with Crippen molar-refractivity contribution in [3.05, 3.63) is 89.2 Å². The number of halogens is 1. The number of nitrogens with one attached hydrogen (secondary N) is 3. The number of para-hydroxylation sites is 1. The first-order chi connectivity index (χ1) is 14.7. The molecule has 0 atom stereocenters. The van der Waals surface area contributed by atoms with Gasteiger partial charge >= 0.3 is 0 Å². The van der Waals surface area contributed by atoms with Crippen LogP contribution in [0.1, 0.15) is 31.1 Å². The number of fused-ring (bicyclic) bond motifs is 1. The molecule has 31 heavy (non-hydrogen) atoms. The third kappa shape index (κ3) is 4.01. The molecule has 3 aromatic rings. The summed E-state index contributed by atoms with van der Waals surface area (Å²) in [7, 11) is -4.07. The number of carbonyl (C=O) groups is 3. The van der Waals surface area contributed by atoms with E-state index in [2.05, 4.69) is 15.4 Å². The van der Waals surface area contributed by atoms with Gasteiger partial charge in [-0.25, -0.2) is 12.8 Å². The van der Waals surface area contributed by atoms with Gasteiger partial charge < -0.3 is 5.32 Å². The molecule has 0 radical (unpaired) electrons. The molecule has 0 spiro atoms. The van der Waals surface area contributed by atoms with Crippen LogP contribution >= 0.6 is 0 Å². The van der Waals surface area contributed by atoms with Gasteiger partial charge in [0.1, 0.15) is 5.82 Å². The Labute approximate surface area is 176 Å². The molecule has 0 aliphatic carbocycles. The molecule has 0 fully saturated rings. The first-order valence-electron chi connectivity index (χ1n) is 8.93. The topological polar surface area (TPSA) is 121 Å². The molecule has 0 bridgehead atoms. The predicted octanol–water partition coefficient (Wildman–Crippen LogP) is 2.76. The van der Waals surface area contributed by atoms with Crippen molar-refractivity contribution in [2.45, 2.75) is 4.90 Å². The van der Waals surface area contributed by atoms with E-state index >= 15 is 0 Å². The van der Waals surface area contributed by atoms with Gasteiger partial charge in [0.15, 0.2) is 0 Å². The summed E-state index contributed by atoms with van der Waals surface area (Å²) in [6, 6.07) is 14.4. The second-order valence-electron chi connectivity index (χ2n) is 6.60. The molecule has 3 N–H and O–H groups in total. The lowest BCUT2D eigenvalue weighted by Gasteiger charge is -2.13. The van der Waals surface area contributed by atoms with Crippen molar-refractivity contribution in [1.82, 2.24) is 5.32 Å². The molecular weight excluding hydrogens is 425 g/mol. The number of carbonyl (C=O) groups excluding carboxylic acids is 3. The van der Waals surface area contributed by atoms with Crippen LogP contribution in [0.2, 0.25) is 0 Å². The zero-order valence-electron chi connectivity index (χ0n) is 15.7. The van der Waals surface area contributed by atoms with Gasteiger partial charge in [0.05, 0.1) is 27.3 Å². The Morgan fingerprint density at radius 1 is 0.871 bits per heavy atom. The minimum absolute atomic E-state index is 0.0124. The van der Waals surface area contributed by atoms with E-state index < -0.39 is 33.6 Å². The Morgan fingerprint density at radius 2 is 1.55 bits per heavy atom. The molecule has 1 aliphatic rings. The van der Waals surface area contributed by atoms with Crippen LogP contribution in [0.5, 0.6) is 0 Å². The number of hydrogen-bond donors (Lipinski definition) is 3. The lowest BCUT2D eigenvalue weighted by molar-refractivity contribution is 0.0878. The third-order valence-corrected chi connectivity index (χ3v) is 5.92. The van der Waals surface area contributed by atoms with Crippen LogP contribution in [0.25, 0.3) is 0 Å². The largest absolute Gasteiger partial charge is 0.322 e. The molecule has 0 saturated heterocycles. The van der Waals surface area contributed by atoms with E-state index in [0.29, 0.717) is 0 Å². The maximum atomic E-state index is 13.1. The van der Waals surface area contributed by atoms with E-state index in [9.17, 15) is 27.2 Å². The molecular formula is C21H14FN3O5S. The summed E-state index contributed by atoms with van der Waals surface area (Å²) >= 11 is 0. The Bertz CT molecular complexity index is 1340. The van der Waals surface area contributed by atoms with Crippen LogP contribution in [-0.2, 0) is 10.0 Å². The Kier molecular flexibility index (Phi) is 4.99. The van der Waals surface area contributed by atoms with Crippen molar-refractivity contribution in [2.75, 3.05) is 10.0 Å². The van der Waals surface area contributed by atoms with Gasteiger partial charge in [0.25, 0.3) is 27.7 Å². The number of benzene rings is 3. The summed E-state index contributed by atoms with van der Waals surface area (Å²) in [5, 5.41) is 4.74. The van der Waals surface area contributed by atoms with Gasteiger partial charge in [0.2, 0.25) is 0 Å². The first-order valence-corrected chi connectivity index (χ1v) is 10.4. The molecule has 1 aliphatic heterocycles. The van der Waals surface area contributed by atoms with Crippen molar-refractivity contribution in [2.24, 2.45) is 0 Å². The van der Waals surface area contributed by atoms with Crippen molar-refractivity contribution >= 4 is 39.1 Å². The standard InChI is InChI=1S/C21H14FN3O5S/c22-12-5-8-14(9-6-12)31(29,30)25-18-4-2-1-3-16(18)20(27)23-13-7-10-15-17(11-13)21(28)24-19(15)26/h1-11,25H,(H,23,27)(H,24,26,28). The number of hydrogen-bond acceptors (Lipinski definition) is 5. The zero-order chi connectivity index (χ0) is 22.2. The second kappa shape index (κ2) is 7.65. The average molecular weight is 439 g/mol. The van der Waals surface area contributed by atoms with Gasteiger partial charge in [-0.15, -0.1) is 0 Å². The van der Waals surface area contributed by atoms with Crippen LogP contribution in [0.3, 0.4) is 0 Å². The van der Waals surface area contributed by atoms with E-state index in [4.69, 9.17) is 0 Å². The molecule has 0 unspecified atom stereocenters. The fraction of sp³-hybridized carbons (Fsp3) is 0. The predicted molar refractivity (Wildman–Crippen MR) is 110 cm³/mol. The van der Waals surface area contributed by atoms with Gasteiger partial charge in [-0.2, -0.15) is 0 Å². The molecule has 0 aromatic heterocycles. The maximum Gasteiger partial charge on any atom is 0.261 e. The number of sulfonamides is 1. The van der Waals surface area contributed by atoms with Crippen LogP contribution < -0.4 is 15.4 Å². The van der Waals surface area contributed by atoms with Gasteiger partial charge in [-0.05, 0) is 54.6 Å². The normalized spacial score (nSPS) is 12.8. The molecule has 3 amide bonds. The van der Waals surface area contributed by atoms with Crippen LogP contribution in [0.4, 0.5) is 15.8 Å². The van der Waals surface area contributed by atoms with Crippen molar-refractivity contribution < 1.29 is 27.2 Å². The van der Waals surface area contributed by atoms with E-state index in [-0.39, 0.29) is 33.0 Å². The lowest BCUT2D eigenvalue weighted by Crippen LogP contribution is -2.20. The molecule has 3 aromatic carbocycles. The summed E-state index contributed by atoms with van der Waals surface area (Å²) in [4.78, 5) is 36.1. The summed E-state index contributed by atoms with van der Waals surface area (Å²) in [6.07, 6.45) is 0. The van der Waals surface area contributed by atoms with E-state index in [0.717, 1.165) is 24.3 Å². The van der Waals surface area contributed by atoms with Crippen molar-refractivity contribution in [3.8, 4) is 0 Å². The molecule has 10 heteroatoms. The minimum atomic E-state index is -4.07. The lowest BCUT2D eigenvalue weighted by atomic mass is 10.1. The molecule has 156 valence electrons. The molecule has 0 saturated carbocycles. The zero-order valence-corrected chi connectivity index (χ0v) is 16.5. The number of amides is 3. The van der Waals surface area contributed by atoms with E-state index in [1.807, 2.05) is 0 Å². The monoisotopic (exact) mass is 439 g/mol. The number of imide groups is 1. The van der Waals surface area contributed by atoms with Crippen LogP contribution in [0, 0.1) is 5.82 Å². The highest BCUT2D eigenvalue weighted by molar-refractivity contribution is 7.92. The fourth-order valence-corrected chi connectivity index (χ4v) is 4.11. The highest BCUT2D eigenvalue weighted by Gasteiger charge is 2.27. The number of anilines is 2. The van der Waals surface area contributed by atoms with Crippen molar-refractivity contribution in [3.63, 3.8) is 0 Å². The Morgan fingerprint density at radius 3 is 2.29 bits per heavy atom. The summed E-state index contributed by atoms with van der Waals surface area (Å²) in [5.41, 5.74) is 0.626. The maximum absolute atomic E-state index is 13.1. The quantitative estimate of drug-likeness (QED) is 0.528. The Balaban J connectivity index is 1.59. The summed E-state index contributed by atoms with van der Waals surface area (Å²) in [5.74, 6) is -2.30. The SMILES string of the molecule is O=C(Nc1ccc2c(c1)C(=O)NC2=O)c1ccccc1NS(=O)(=O)c1ccc(F)cc1. The molecule has 8 nitrogen and oxygen atoms in total. The number of rotatable bonds is 5. The molecule has 4 rings (SSSR count). The van der Waals surface area contributed by atoms with E-state index in [1.165, 1.54) is 30.3 Å². The second-order valence-corrected chi connectivity index (χ2v) is 8.29. The smallest absolute Gasteiger partial charge is 0.261 e. The average Bonchev–Trinajstić information content (AvgIpc) is 3.01. The first kappa shape index (κ1) is 20.2. The molecule has 1 heterocycles. The van der Waals surface area contributed by atoms with E-state index in [1.54, 1.807) is 12.1 Å². The van der Waals surface area contributed by atoms with Gasteiger partial charge in [-0.1, -0.05) is 12.1 Å². The summed E-state index contributed by atoms with van der Waals surface area (Å²) in [6.45, 7) is 0. The third-order valence-electron chi connectivity index (χ3n) is 4.53. The van der Waals surface area contributed by atoms with Gasteiger partial charge in [-0.3, -0.25) is 24.4 Å². The summed E-state index contributed by atoms with van der Waals surface area (Å²) < 4.78 is 40.6. The minimum Gasteiger partial charge on any atom is -0.322 e. The van der Waals surface area contributed by atoms with Crippen LogP contribution in [-0.4, -0.2) is 26.1 Å². The Hall–Kier alpha value is -4.05. The van der Waals surface area contributed by atoms with Crippen molar-refractivity contribution in [1.29, 1.82) is 0 Å². The highest BCUT2D eigenvalue weighted by atomic mass is 32.2. The fourth-order valence-electron chi connectivity index (χ4n) is 3.03. The highest BCUT2D eigenvalue weighted by Crippen LogP contribution is 2.24. The van der Waals surface area contributed by atoms with Gasteiger partial charge in [0, 0.05) is 5.69 Å².